The van der Waals surface area contributed by atoms with Crippen LogP contribution < -0.4 is 0 Å². The Morgan fingerprint density at radius 1 is 0.700 bits per heavy atom. The third-order valence-electron chi connectivity index (χ3n) is 5.27. The molecule has 4 aliphatic rings. The quantitative estimate of drug-likeness (QED) is 0.572. The molecule has 0 saturated heterocycles. The molecule has 0 fully saturated rings. The fourth-order valence-electron chi connectivity index (χ4n) is 5.30. The van der Waals surface area contributed by atoms with Crippen molar-refractivity contribution in [1.29, 1.82) is 0 Å². The van der Waals surface area contributed by atoms with E-state index in [4.69, 9.17) is 0 Å². The Bertz CT molecular complexity index is 516. The normalized spacial score (nSPS) is 35.2. The highest BCUT2D eigenvalue weighted by Crippen LogP contribution is 2.76. The Balaban J connectivity index is 1.95. The summed E-state index contributed by atoms with van der Waals surface area (Å²) in [6, 6.07) is 0. The van der Waals surface area contributed by atoms with Gasteiger partial charge in [-0.2, -0.15) is 0 Å². The summed E-state index contributed by atoms with van der Waals surface area (Å²) in [5.74, 6) is 0. The van der Waals surface area contributed by atoms with Crippen LogP contribution in [-0.2, 0) is 0 Å². The zero-order chi connectivity index (χ0) is 15.1. The molecular formula is C20H30. The van der Waals surface area contributed by atoms with Gasteiger partial charge in [-0.3, -0.25) is 0 Å². The minimum Gasteiger partial charge on any atom is -0.0601 e. The number of hydrogen-bond acceptors (Lipinski definition) is 0. The van der Waals surface area contributed by atoms with Gasteiger partial charge in [-0.25, -0.2) is 0 Å². The van der Waals surface area contributed by atoms with Crippen molar-refractivity contribution in [2.75, 3.05) is 0 Å². The zero-order valence-corrected chi connectivity index (χ0v) is 14.6. The zero-order valence-electron chi connectivity index (χ0n) is 14.6. The van der Waals surface area contributed by atoms with Crippen LogP contribution in [0.25, 0.3) is 0 Å². The van der Waals surface area contributed by atoms with Crippen molar-refractivity contribution in [2.45, 2.75) is 68.2 Å². The SMILES string of the molecule is CC(C)(C)CC1(C)c2ccc3c1c2C3(C)CC(C)(C)C. The smallest absolute Gasteiger partial charge is 0.0189 e. The average molecular weight is 270 g/mol. The molecule has 0 amide bonds. The van der Waals surface area contributed by atoms with E-state index in [-0.39, 0.29) is 0 Å². The highest BCUT2D eigenvalue weighted by Gasteiger charge is 2.64. The number of rotatable bonds is 2. The van der Waals surface area contributed by atoms with Crippen LogP contribution in [0.15, 0.2) is 34.4 Å². The van der Waals surface area contributed by atoms with Gasteiger partial charge < -0.3 is 0 Å². The molecule has 2 unspecified atom stereocenters. The van der Waals surface area contributed by atoms with E-state index >= 15 is 0 Å². The molecule has 4 bridgehead atoms. The van der Waals surface area contributed by atoms with E-state index in [2.05, 4.69) is 67.5 Å². The van der Waals surface area contributed by atoms with Gasteiger partial charge in [0.2, 0.25) is 0 Å². The molecule has 0 heterocycles. The van der Waals surface area contributed by atoms with Crippen molar-refractivity contribution in [3.8, 4) is 0 Å². The van der Waals surface area contributed by atoms with Crippen LogP contribution in [-0.4, -0.2) is 0 Å². The minimum absolute atomic E-state index is 0.342. The summed E-state index contributed by atoms with van der Waals surface area (Å²) in [5, 5.41) is 0. The summed E-state index contributed by atoms with van der Waals surface area (Å²) in [5.41, 5.74) is 8.17. The molecule has 0 nitrogen and oxygen atoms in total. The van der Waals surface area contributed by atoms with Crippen molar-refractivity contribution < 1.29 is 0 Å². The van der Waals surface area contributed by atoms with Crippen molar-refractivity contribution in [3.05, 3.63) is 34.4 Å². The molecule has 2 atom stereocenters. The summed E-state index contributed by atoms with van der Waals surface area (Å²) < 4.78 is 0. The first-order valence-electron chi connectivity index (χ1n) is 8.07. The highest BCUT2D eigenvalue weighted by molar-refractivity contribution is 5.81. The van der Waals surface area contributed by atoms with Gasteiger partial charge in [-0.1, -0.05) is 67.5 Å². The van der Waals surface area contributed by atoms with Crippen LogP contribution in [0.3, 0.4) is 0 Å². The van der Waals surface area contributed by atoms with Crippen molar-refractivity contribution in [3.63, 3.8) is 0 Å². The van der Waals surface area contributed by atoms with Crippen molar-refractivity contribution >= 4 is 0 Å². The van der Waals surface area contributed by atoms with E-state index in [1.165, 1.54) is 12.8 Å². The van der Waals surface area contributed by atoms with E-state index in [0.717, 1.165) is 0 Å². The van der Waals surface area contributed by atoms with Crippen LogP contribution in [0.4, 0.5) is 0 Å². The van der Waals surface area contributed by atoms with Gasteiger partial charge in [0.05, 0.1) is 0 Å². The summed E-state index contributed by atoms with van der Waals surface area (Å²) in [7, 11) is 0. The van der Waals surface area contributed by atoms with Gasteiger partial charge in [0.25, 0.3) is 0 Å². The maximum Gasteiger partial charge on any atom is 0.0189 e. The van der Waals surface area contributed by atoms with E-state index < -0.39 is 0 Å². The van der Waals surface area contributed by atoms with Crippen LogP contribution >= 0.6 is 0 Å². The van der Waals surface area contributed by atoms with Gasteiger partial charge in [-0.15, -0.1) is 0 Å². The number of allylic oxidation sites excluding steroid dienone is 6. The minimum atomic E-state index is 0.342. The lowest BCUT2D eigenvalue weighted by Crippen LogP contribution is -2.55. The summed E-state index contributed by atoms with van der Waals surface area (Å²) in [6.45, 7) is 19.1. The monoisotopic (exact) mass is 270 g/mol. The van der Waals surface area contributed by atoms with Gasteiger partial charge in [0, 0.05) is 10.8 Å². The van der Waals surface area contributed by atoms with Gasteiger partial charge in [0.15, 0.2) is 0 Å². The molecule has 110 valence electrons. The molecule has 0 spiro atoms. The predicted octanol–water partition coefficient (Wildman–Crippen LogP) is 6.06. The highest BCUT2D eigenvalue weighted by atomic mass is 14.7. The standard InChI is InChI=1S/C20H30/c1-17(2,3)11-19(7)13-9-10-14-15(19)16(13)20(14,8)12-18(4,5)6/h9-10H,11-12H2,1-8H3. The molecule has 0 saturated carbocycles. The molecule has 0 aromatic rings. The average Bonchev–Trinajstić information content (AvgIpc) is 2.22. The largest absolute Gasteiger partial charge is 0.0601 e. The summed E-state index contributed by atoms with van der Waals surface area (Å²) in [6.07, 6.45) is 7.36. The lowest BCUT2D eigenvalue weighted by molar-refractivity contribution is 0.171. The van der Waals surface area contributed by atoms with Gasteiger partial charge in [0.1, 0.15) is 0 Å². The van der Waals surface area contributed by atoms with Crippen LogP contribution in [0.1, 0.15) is 68.2 Å². The lowest BCUT2D eigenvalue weighted by Gasteiger charge is -2.67. The van der Waals surface area contributed by atoms with Crippen LogP contribution in [0.5, 0.6) is 0 Å². The molecular weight excluding hydrogens is 240 g/mol. The molecule has 0 radical (unpaired) electrons. The predicted molar refractivity (Wildman–Crippen MR) is 87.6 cm³/mol. The van der Waals surface area contributed by atoms with Crippen LogP contribution in [0, 0.1) is 21.7 Å². The Labute approximate surface area is 125 Å². The van der Waals surface area contributed by atoms with Crippen molar-refractivity contribution in [2.24, 2.45) is 21.7 Å². The third kappa shape index (κ3) is 1.66. The van der Waals surface area contributed by atoms with Crippen molar-refractivity contribution in [1.82, 2.24) is 0 Å². The maximum atomic E-state index is 2.46. The number of hydrogen-bond donors (Lipinski definition) is 0. The Morgan fingerprint density at radius 3 is 1.20 bits per heavy atom. The molecule has 0 aromatic heterocycles. The maximum absolute atomic E-state index is 2.46. The molecule has 4 aliphatic carbocycles. The second-order valence-corrected chi connectivity index (χ2v) is 10.0. The third-order valence-corrected chi connectivity index (χ3v) is 5.27. The second kappa shape index (κ2) is 3.51. The van der Waals surface area contributed by atoms with E-state index in [9.17, 15) is 0 Å². The number of fused-ring (bicyclic) bond motifs is 1. The molecule has 4 rings (SSSR count). The van der Waals surface area contributed by atoms with Crippen LogP contribution in [0.2, 0.25) is 0 Å². The first-order chi connectivity index (χ1) is 8.89. The van der Waals surface area contributed by atoms with Gasteiger partial charge >= 0.3 is 0 Å². The molecule has 0 aliphatic heterocycles. The van der Waals surface area contributed by atoms with E-state index in [1.54, 1.807) is 22.3 Å². The fourth-order valence-corrected chi connectivity index (χ4v) is 5.30. The topological polar surface area (TPSA) is 0 Å². The first-order valence-corrected chi connectivity index (χ1v) is 8.07. The van der Waals surface area contributed by atoms with Gasteiger partial charge in [-0.05, 0) is 46.0 Å². The Hall–Kier alpha value is -0.780. The van der Waals surface area contributed by atoms with E-state index in [1.807, 2.05) is 0 Å². The molecule has 0 aromatic carbocycles. The lowest BCUT2D eigenvalue weighted by atomic mass is 9.36. The molecule has 0 heteroatoms. The summed E-state index contributed by atoms with van der Waals surface area (Å²) in [4.78, 5) is 0. The molecule has 0 N–H and O–H groups in total. The molecule has 20 heavy (non-hydrogen) atoms. The first kappa shape index (κ1) is 14.2. The fraction of sp³-hybridized carbons (Fsp3) is 0.700. The second-order valence-electron chi connectivity index (χ2n) is 10.0. The van der Waals surface area contributed by atoms with E-state index in [0.29, 0.717) is 21.7 Å². The Morgan fingerprint density at radius 2 is 1.00 bits per heavy atom. The summed E-state index contributed by atoms with van der Waals surface area (Å²) >= 11 is 0. The Kier molecular flexibility index (Phi) is 2.49.